The molecule has 1 aliphatic rings. The number of esters is 1. The highest BCUT2D eigenvalue weighted by atomic mass is 19.3. The molecular weight excluding hydrogens is 692 g/mol. The van der Waals surface area contributed by atoms with Gasteiger partial charge in [-0.25, -0.2) is 27.2 Å². The first-order valence-corrected chi connectivity index (χ1v) is 17.0. The summed E-state index contributed by atoms with van der Waals surface area (Å²) in [6, 6.07) is 15.2. The standard InChI is InChI=1S/C39H36F4N6O4/c1-22(36(51)52-4)16-23-6-5-7-25(17-23)38(2)12-13-39(42,43)21-53-32-11-15-49(46-32)20-28-26-10-14-44-31(26)19-30(41)33(28)34(50)24-8-9-29(40)27(18-24)35-45-37(38)47-48(35)3/h5-11,14-15,17-19,22,44H,12-13,16,20-21H2,1-4H3/t22-,38?/m0/s1. The van der Waals surface area contributed by atoms with E-state index in [1.165, 1.54) is 46.9 Å². The lowest BCUT2D eigenvalue weighted by Crippen LogP contribution is -2.32. The number of hydrogen-bond donors (Lipinski definition) is 1. The molecule has 3 aromatic carbocycles. The van der Waals surface area contributed by atoms with Gasteiger partial charge in [0.15, 0.2) is 24.0 Å². The highest BCUT2D eigenvalue weighted by Gasteiger charge is 2.40. The van der Waals surface area contributed by atoms with Gasteiger partial charge in [-0.2, -0.15) is 5.10 Å². The lowest BCUT2D eigenvalue weighted by molar-refractivity contribution is -0.144. The number of nitrogens with one attached hydrogen (secondary N) is 1. The van der Waals surface area contributed by atoms with Gasteiger partial charge in [0.1, 0.15) is 11.6 Å². The van der Waals surface area contributed by atoms with Gasteiger partial charge in [-0.1, -0.05) is 31.2 Å². The zero-order chi connectivity index (χ0) is 37.7. The first kappa shape index (κ1) is 35.6. The number of carbonyl (C=O) groups is 2. The number of halogens is 4. The zero-order valence-corrected chi connectivity index (χ0v) is 29.4. The lowest BCUT2D eigenvalue weighted by atomic mass is 9.76. The number of rotatable bonds is 4. The largest absolute Gasteiger partial charge is 0.470 e. The van der Waals surface area contributed by atoms with E-state index in [0.29, 0.717) is 22.9 Å². The van der Waals surface area contributed by atoms with Crippen LogP contribution in [0.25, 0.3) is 22.3 Å². The summed E-state index contributed by atoms with van der Waals surface area (Å²) >= 11 is 0. The quantitative estimate of drug-likeness (QED) is 0.151. The van der Waals surface area contributed by atoms with E-state index in [1.54, 1.807) is 45.3 Å². The van der Waals surface area contributed by atoms with Gasteiger partial charge in [0.25, 0.3) is 5.92 Å². The minimum Gasteiger partial charge on any atom is -0.470 e. The Morgan fingerprint density at radius 3 is 2.66 bits per heavy atom. The molecule has 10 nitrogen and oxygen atoms in total. The summed E-state index contributed by atoms with van der Waals surface area (Å²) in [6.45, 7) is 2.38. The molecule has 1 N–H and O–H groups in total. The first-order chi connectivity index (χ1) is 25.3. The van der Waals surface area contributed by atoms with Crippen molar-refractivity contribution in [1.82, 2.24) is 29.5 Å². The molecule has 1 unspecified atom stereocenters. The summed E-state index contributed by atoms with van der Waals surface area (Å²) in [6.07, 6.45) is 2.64. The van der Waals surface area contributed by atoms with Crippen molar-refractivity contribution < 1.29 is 36.6 Å². The van der Waals surface area contributed by atoms with Crippen molar-refractivity contribution in [3.05, 3.63) is 118 Å². The lowest BCUT2D eigenvalue weighted by Gasteiger charge is -2.30. The fourth-order valence-corrected chi connectivity index (χ4v) is 6.91. The van der Waals surface area contributed by atoms with Crippen molar-refractivity contribution in [1.29, 1.82) is 0 Å². The molecule has 274 valence electrons. The van der Waals surface area contributed by atoms with Crippen molar-refractivity contribution in [2.75, 3.05) is 13.7 Å². The summed E-state index contributed by atoms with van der Waals surface area (Å²) in [5.41, 5.74) is 0.506. The third-order valence-electron chi connectivity index (χ3n) is 9.94. The second-order valence-corrected chi connectivity index (χ2v) is 13.7. The average molecular weight is 729 g/mol. The Hall–Kier alpha value is -5.79. The maximum absolute atomic E-state index is 15.9. The van der Waals surface area contributed by atoms with E-state index in [4.69, 9.17) is 14.5 Å². The number of ether oxygens (including phenoxy) is 2. The van der Waals surface area contributed by atoms with Gasteiger partial charge in [0.2, 0.25) is 5.88 Å². The van der Waals surface area contributed by atoms with E-state index >= 15 is 17.6 Å². The van der Waals surface area contributed by atoms with Gasteiger partial charge in [-0.3, -0.25) is 14.3 Å². The summed E-state index contributed by atoms with van der Waals surface area (Å²) in [4.78, 5) is 34.1. The first-order valence-electron chi connectivity index (χ1n) is 17.0. The summed E-state index contributed by atoms with van der Waals surface area (Å²) in [5, 5.41) is 9.46. The molecule has 7 rings (SSSR count). The fraction of sp³-hybridized carbons (Fsp3) is 0.308. The molecule has 0 fully saturated rings. The van der Waals surface area contributed by atoms with E-state index < -0.39 is 47.7 Å². The molecule has 0 radical (unpaired) electrons. The SMILES string of the molecule is COC(=O)[C@@H](C)Cc1cccc(C2(C)CCC(F)(F)COc3ccn(n3)Cc3c(c(F)cc4[nH]ccc34)C(=O)c3ccc(F)c(c3)-c3nc2nn3C)c1. The number of fused-ring (bicyclic) bond motifs is 10. The van der Waals surface area contributed by atoms with E-state index in [9.17, 15) is 9.59 Å². The van der Waals surface area contributed by atoms with E-state index in [0.717, 1.165) is 11.6 Å². The van der Waals surface area contributed by atoms with Gasteiger partial charge >= 0.3 is 5.97 Å². The molecular formula is C39H36F4N6O4. The molecule has 0 aliphatic carbocycles. The number of aromatic nitrogens is 6. The molecule has 0 spiro atoms. The predicted octanol–water partition coefficient (Wildman–Crippen LogP) is 7.18. The number of H-pyrrole nitrogens is 1. The minimum absolute atomic E-state index is 0.00165. The Morgan fingerprint density at radius 2 is 1.87 bits per heavy atom. The highest BCUT2D eigenvalue weighted by molar-refractivity contribution is 6.12. The van der Waals surface area contributed by atoms with Gasteiger partial charge in [0, 0.05) is 48.4 Å². The molecule has 6 aromatic rings. The van der Waals surface area contributed by atoms with Crippen LogP contribution in [-0.2, 0) is 35.0 Å². The van der Waals surface area contributed by atoms with Crippen LogP contribution in [-0.4, -0.2) is 60.9 Å². The van der Waals surface area contributed by atoms with Crippen LogP contribution in [0.1, 0.15) is 65.1 Å². The predicted molar refractivity (Wildman–Crippen MR) is 187 cm³/mol. The summed E-state index contributed by atoms with van der Waals surface area (Å²) < 4.78 is 76.1. The second kappa shape index (κ2) is 13.6. The number of ketones is 1. The van der Waals surface area contributed by atoms with Gasteiger partial charge in [-0.15, -0.1) is 5.10 Å². The summed E-state index contributed by atoms with van der Waals surface area (Å²) in [5.74, 6) is -6.32. The van der Waals surface area contributed by atoms with Crippen LogP contribution >= 0.6 is 0 Å². The molecule has 1 aliphatic heterocycles. The van der Waals surface area contributed by atoms with E-state index in [1.807, 2.05) is 12.1 Å². The monoisotopic (exact) mass is 728 g/mol. The van der Waals surface area contributed by atoms with Crippen LogP contribution in [0, 0.1) is 17.6 Å². The molecule has 14 heteroatoms. The topological polar surface area (TPSA) is 117 Å². The number of benzene rings is 3. The van der Waals surface area contributed by atoms with Gasteiger partial charge < -0.3 is 14.5 Å². The number of hydrogen-bond acceptors (Lipinski definition) is 7. The second-order valence-electron chi connectivity index (χ2n) is 13.7. The van der Waals surface area contributed by atoms with Crippen LogP contribution in [0.2, 0.25) is 0 Å². The average Bonchev–Trinajstić information content (AvgIpc) is 3.89. The van der Waals surface area contributed by atoms with Crippen molar-refractivity contribution in [2.45, 2.75) is 51.0 Å². The number of alkyl halides is 2. The molecule has 0 amide bonds. The molecule has 0 saturated heterocycles. The Kier molecular flexibility index (Phi) is 9.16. The zero-order valence-electron chi connectivity index (χ0n) is 29.4. The maximum atomic E-state index is 15.9. The Labute approximate surface area is 301 Å². The molecule has 2 atom stereocenters. The Bertz CT molecular complexity index is 2360. The van der Waals surface area contributed by atoms with Crippen molar-refractivity contribution in [3.8, 4) is 17.3 Å². The molecule has 53 heavy (non-hydrogen) atoms. The fourth-order valence-electron chi connectivity index (χ4n) is 6.91. The maximum Gasteiger partial charge on any atom is 0.308 e. The van der Waals surface area contributed by atoms with Crippen LogP contribution in [0.15, 0.2) is 73.1 Å². The third-order valence-corrected chi connectivity index (χ3v) is 9.94. The Balaban J connectivity index is 1.38. The smallest absolute Gasteiger partial charge is 0.308 e. The van der Waals surface area contributed by atoms with Crippen LogP contribution in [0.5, 0.6) is 5.88 Å². The normalized spacial score (nSPS) is 18.0. The Morgan fingerprint density at radius 1 is 1.06 bits per heavy atom. The van der Waals surface area contributed by atoms with Crippen molar-refractivity contribution in [2.24, 2.45) is 13.0 Å². The molecule has 6 bridgehead atoms. The van der Waals surface area contributed by atoms with Crippen LogP contribution < -0.4 is 4.74 Å². The minimum atomic E-state index is -3.33. The van der Waals surface area contributed by atoms with Crippen LogP contribution in [0.3, 0.4) is 0 Å². The van der Waals surface area contributed by atoms with E-state index in [-0.39, 0.29) is 58.7 Å². The number of carbonyl (C=O) groups excluding carboxylic acids is 2. The number of aryl methyl sites for hydroxylation is 1. The third kappa shape index (κ3) is 6.80. The van der Waals surface area contributed by atoms with Gasteiger partial charge in [0.05, 0.1) is 36.1 Å². The molecule has 0 saturated carbocycles. The van der Waals surface area contributed by atoms with Crippen molar-refractivity contribution >= 4 is 22.7 Å². The number of aromatic amines is 1. The summed E-state index contributed by atoms with van der Waals surface area (Å²) in [7, 11) is 2.85. The number of methoxy groups -OCH3 is 1. The molecule has 3 aromatic heterocycles. The van der Waals surface area contributed by atoms with Crippen molar-refractivity contribution in [3.63, 3.8) is 0 Å². The van der Waals surface area contributed by atoms with E-state index in [2.05, 4.69) is 15.2 Å². The van der Waals surface area contributed by atoms with Crippen LogP contribution in [0.4, 0.5) is 17.6 Å². The van der Waals surface area contributed by atoms with Gasteiger partial charge in [-0.05, 0) is 66.8 Å². The number of nitrogens with zero attached hydrogens (tertiary/aromatic N) is 5. The highest BCUT2D eigenvalue weighted by Crippen LogP contribution is 2.40. The molecule has 4 heterocycles.